The van der Waals surface area contributed by atoms with Crippen molar-refractivity contribution >= 4 is 29.2 Å². The highest BCUT2D eigenvalue weighted by atomic mass is 35.5. The maximum Gasteiger partial charge on any atom is 0.336 e. The normalized spacial score (nSPS) is 12.6. The molecule has 1 N–H and O–H groups in total. The predicted octanol–water partition coefficient (Wildman–Crippen LogP) is 5.80. The van der Waals surface area contributed by atoms with Crippen LogP contribution in [0.25, 0.3) is 22.8 Å². The molecule has 0 aliphatic heterocycles. The Hall–Kier alpha value is -2.84. The van der Waals surface area contributed by atoms with Gasteiger partial charge in [-0.3, -0.25) is 0 Å². The molecular formula is C22H15ClO2. The quantitative estimate of drug-likeness (QED) is 0.650. The minimum atomic E-state index is -0.937. The molecule has 0 amide bonds. The van der Waals surface area contributed by atoms with Crippen LogP contribution in [-0.2, 0) is 6.42 Å². The number of carbonyl (C=O) groups is 1. The molecule has 1 aliphatic carbocycles. The van der Waals surface area contributed by atoms with Gasteiger partial charge in [0.1, 0.15) is 0 Å². The molecule has 122 valence electrons. The lowest BCUT2D eigenvalue weighted by atomic mass is 9.98. The van der Waals surface area contributed by atoms with Gasteiger partial charge >= 0.3 is 5.97 Å². The average Bonchev–Trinajstić information content (AvgIpc) is 3.05. The van der Waals surface area contributed by atoms with Crippen LogP contribution in [0.15, 0.2) is 66.7 Å². The summed E-state index contributed by atoms with van der Waals surface area (Å²) in [5.74, 6) is -0.937. The number of aromatic carboxylic acids is 1. The van der Waals surface area contributed by atoms with Crippen LogP contribution >= 0.6 is 11.6 Å². The maximum atomic E-state index is 11.5. The Bertz CT molecular complexity index is 987. The number of hydrogen-bond donors (Lipinski definition) is 1. The molecule has 3 heteroatoms. The number of carboxylic acid groups (broad SMARTS) is 1. The van der Waals surface area contributed by atoms with Crippen molar-refractivity contribution in [1.29, 1.82) is 0 Å². The topological polar surface area (TPSA) is 37.3 Å². The minimum Gasteiger partial charge on any atom is -0.478 e. The van der Waals surface area contributed by atoms with E-state index in [9.17, 15) is 9.90 Å². The van der Waals surface area contributed by atoms with Crippen molar-refractivity contribution in [3.05, 3.63) is 94.0 Å². The highest BCUT2D eigenvalue weighted by Gasteiger charge is 2.21. The van der Waals surface area contributed by atoms with E-state index in [1.807, 2.05) is 30.3 Å². The van der Waals surface area contributed by atoms with E-state index >= 15 is 0 Å². The lowest BCUT2D eigenvalue weighted by Gasteiger charge is -2.07. The number of fused-ring (bicyclic) bond motifs is 1. The summed E-state index contributed by atoms with van der Waals surface area (Å²) in [7, 11) is 0. The van der Waals surface area contributed by atoms with Gasteiger partial charge in [-0.2, -0.15) is 0 Å². The van der Waals surface area contributed by atoms with E-state index in [4.69, 9.17) is 11.6 Å². The fourth-order valence-corrected chi connectivity index (χ4v) is 3.52. The molecule has 0 fully saturated rings. The monoisotopic (exact) mass is 346 g/mol. The van der Waals surface area contributed by atoms with E-state index in [0.717, 1.165) is 27.8 Å². The van der Waals surface area contributed by atoms with Gasteiger partial charge in [-0.15, -0.1) is 0 Å². The summed E-state index contributed by atoms with van der Waals surface area (Å²) in [6, 6.07) is 21.9. The van der Waals surface area contributed by atoms with E-state index in [1.165, 1.54) is 11.6 Å². The van der Waals surface area contributed by atoms with Crippen molar-refractivity contribution in [3.63, 3.8) is 0 Å². The van der Waals surface area contributed by atoms with Gasteiger partial charge in [-0.25, -0.2) is 4.79 Å². The summed E-state index contributed by atoms with van der Waals surface area (Å²) in [4.78, 5) is 11.5. The molecule has 0 heterocycles. The standard InChI is InChI=1S/C22H15ClO2/c23-19-11-18-10-17(12-20(18)21(13-19)22(24)25)16-8-6-15(7-9-16)14-4-2-1-3-5-14/h1-11,13H,12H2,(H,24,25). The first-order chi connectivity index (χ1) is 12.1. The fraction of sp³-hybridized carbons (Fsp3) is 0.0455. The van der Waals surface area contributed by atoms with Gasteiger partial charge in [0.05, 0.1) is 5.56 Å². The lowest BCUT2D eigenvalue weighted by molar-refractivity contribution is 0.0696. The molecule has 0 atom stereocenters. The SMILES string of the molecule is O=C(O)c1cc(Cl)cc2c1CC(c1ccc(-c3ccccc3)cc1)=C2. The molecule has 3 aromatic rings. The molecule has 0 bridgehead atoms. The molecule has 1 aliphatic rings. The summed E-state index contributed by atoms with van der Waals surface area (Å²) < 4.78 is 0. The van der Waals surface area contributed by atoms with Crippen LogP contribution < -0.4 is 0 Å². The second-order valence-corrected chi connectivity index (χ2v) is 6.55. The summed E-state index contributed by atoms with van der Waals surface area (Å²) >= 11 is 6.06. The first-order valence-electron chi connectivity index (χ1n) is 8.04. The first-order valence-corrected chi connectivity index (χ1v) is 8.42. The Morgan fingerprint density at radius 2 is 1.52 bits per heavy atom. The molecule has 4 rings (SSSR count). The van der Waals surface area contributed by atoms with Crippen LogP contribution in [0.5, 0.6) is 0 Å². The molecule has 2 nitrogen and oxygen atoms in total. The van der Waals surface area contributed by atoms with E-state index in [1.54, 1.807) is 0 Å². The van der Waals surface area contributed by atoms with Gasteiger partial charge in [0.2, 0.25) is 0 Å². The Morgan fingerprint density at radius 1 is 0.880 bits per heavy atom. The van der Waals surface area contributed by atoms with Gasteiger partial charge in [-0.1, -0.05) is 72.3 Å². The van der Waals surface area contributed by atoms with Crippen molar-refractivity contribution < 1.29 is 9.90 Å². The van der Waals surface area contributed by atoms with Gasteiger partial charge < -0.3 is 5.11 Å². The number of carboxylic acids is 1. The van der Waals surface area contributed by atoms with Crippen molar-refractivity contribution in [1.82, 2.24) is 0 Å². The van der Waals surface area contributed by atoms with Gasteiger partial charge in [0, 0.05) is 5.02 Å². The molecule has 0 spiro atoms. The van der Waals surface area contributed by atoms with Gasteiger partial charge in [0.25, 0.3) is 0 Å². The zero-order valence-corrected chi connectivity index (χ0v) is 14.1. The van der Waals surface area contributed by atoms with Crippen LogP contribution in [0.4, 0.5) is 0 Å². The molecule has 3 aromatic carbocycles. The summed E-state index contributed by atoms with van der Waals surface area (Å²) in [6.07, 6.45) is 2.64. The number of benzene rings is 3. The third kappa shape index (κ3) is 2.97. The molecule has 0 aromatic heterocycles. The highest BCUT2D eigenvalue weighted by molar-refractivity contribution is 6.31. The largest absolute Gasteiger partial charge is 0.478 e. The summed E-state index contributed by atoms with van der Waals surface area (Å²) in [6.45, 7) is 0. The number of halogens is 1. The van der Waals surface area contributed by atoms with Crippen LogP contribution in [0.3, 0.4) is 0 Å². The molecule has 0 saturated carbocycles. The Kier molecular flexibility index (Phi) is 3.90. The Morgan fingerprint density at radius 3 is 2.20 bits per heavy atom. The van der Waals surface area contributed by atoms with Crippen LogP contribution in [0.2, 0.25) is 5.02 Å². The molecule has 25 heavy (non-hydrogen) atoms. The van der Waals surface area contributed by atoms with Gasteiger partial charge in [-0.05, 0) is 51.9 Å². The van der Waals surface area contributed by atoms with Crippen molar-refractivity contribution in [2.75, 3.05) is 0 Å². The van der Waals surface area contributed by atoms with Crippen LogP contribution in [0, 0.1) is 0 Å². The van der Waals surface area contributed by atoms with Gasteiger partial charge in [0.15, 0.2) is 0 Å². The third-order valence-corrected chi connectivity index (χ3v) is 4.76. The van der Waals surface area contributed by atoms with Crippen LogP contribution in [-0.4, -0.2) is 11.1 Å². The molecule has 0 radical (unpaired) electrons. The smallest absolute Gasteiger partial charge is 0.336 e. The third-order valence-electron chi connectivity index (χ3n) is 4.54. The number of rotatable bonds is 3. The second kappa shape index (κ2) is 6.23. The van der Waals surface area contributed by atoms with E-state index in [-0.39, 0.29) is 5.56 Å². The number of hydrogen-bond acceptors (Lipinski definition) is 1. The zero-order chi connectivity index (χ0) is 17.4. The Balaban J connectivity index is 1.67. The second-order valence-electron chi connectivity index (χ2n) is 6.12. The van der Waals surface area contributed by atoms with E-state index < -0.39 is 5.97 Å². The van der Waals surface area contributed by atoms with Crippen molar-refractivity contribution in [3.8, 4) is 11.1 Å². The maximum absolute atomic E-state index is 11.5. The van der Waals surface area contributed by atoms with Crippen LogP contribution in [0.1, 0.15) is 27.0 Å². The number of allylic oxidation sites excluding steroid dienone is 1. The molecule has 0 unspecified atom stereocenters. The summed E-state index contributed by atoms with van der Waals surface area (Å²) in [5, 5.41) is 9.86. The molecule has 0 saturated heterocycles. The first kappa shape index (κ1) is 15.7. The lowest BCUT2D eigenvalue weighted by Crippen LogP contribution is -2.02. The van der Waals surface area contributed by atoms with E-state index in [2.05, 4.69) is 36.4 Å². The minimum absolute atomic E-state index is 0.287. The molecular weight excluding hydrogens is 332 g/mol. The zero-order valence-electron chi connectivity index (χ0n) is 13.4. The fourth-order valence-electron chi connectivity index (χ4n) is 3.30. The Labute approximate surface area is 151 Å². The van der Waals surface area contributed by atoms with Crippen molar-refractivity contribution in [2.24, 2.45) is 0 Å². The average molecular weight is 347 g/mol. The van der Waals surface area contributed by atoms with Crippen molar-refractivity contribution in [2.45, 2.75) is 6.42 Å². The highest BCUT2D eigenvalue weighted by Crippen LogP contribution is 2.36. The predicted molar refractivity (Wildman–Crippen MR) is 102 cm³/mol. The van der Waals surface area contributed by atoms with E-state index in [0.29, 0.717) is 11.4 Å². The summed E-state index contributed by atoms with van der Waals surface area (Å²) in [5.41, 5.74) is 6.57.